The number of hydrogen-bond donors (Lipinski definition) is 3. The predicted octanol–water partition coefficient (Wildman–Crippen LogP) is 1.88. The van der Waals surface area contributed by atoms with Crippen LogP contribution in [-0.2, 0) is 0 Å². The second kappa shape index (κ2) is 6.96. The number of hydrogen-bond acceptors (Lipinski definition) is 3. The van der Waals surface area contributed by atoms with Crippen molar-refractivity contribution < 1.29 is 19.8 Å². The van der Waals surface area contributed by atoms with E-state index >= 15 is 0 Å². The van der Waals surface area contributed by atoms with Crippen LogP contribution >= 0.6 is 11.6 Å². The first-order valence-corrected chi connectivity index (χ1v) is 5.99. The summed E-state index contributed by atoms with van der Waals surface area (Å²) in [6, 6.07) is 3.69. The number of carboxylic acid groups (broad SMARTS) is 1. The van der Waals surface area contributed by atoms with Gasteiger partial charge in [-0.05, 0) is 24.6 Å². The van der Waals surface area contributed by atoms with Gasteiger partial charge < -0.3 is 20.4 Å². The minimum atomic E-state index is -1.08. The van der Waals surface area contributed by atoms with E-state index in [-0.39, 0.29) is 23.2 Å². The van der Waals surface area contributed by atoms with Crippen molar-refractivity contribution in [1.82, 2.24) is 4.90 Å². The fourth-order valence-corrected chi connectivity index (χ4v) is 1.60. The molecule has 1 aromatic rings. The summed E-state index contributed by atoms with van der Waals surface area (Å²) in [5.74, 6) is -1.08. The SMILES string of the molecule is CN(CCCO)C(=O)Nc1ccc(C(=O)O)cc1Cl. The van der Waals surface area contributed by atoms with E-state index in [1.165, 1.54) is 23.1 Å². The lowest BCUT2D eigenvalue weighted by molar-refractivity contribution is 0.0697. The lowest BCUT2D eigenvalue weighted by atomic mass is 10.2. The molecule has 104 valence electrons. The predicted molar refractivity (Wildman–Crippen MR) is 71.8 cm³/mol. The highest BCUT2D eigenvalue weighted by molar-refractivity contribution is 6.34. The first-order valence-electron chi connectivity index (χ1n) is 5.61. The lowest BCUT2D eigenvalue weighted by Crippen LogP contribution is -2.32. The summed E-state index contributed by atoms with van der Waals surface area (Å²) in [7, 11) is 1.59. The minimum absolute atomic E-state index is 0.00564. The molecule has 0 aromatic heterocycles. The van der Waals surface area contributed by atoms with Crippen molar-refractivity contribution >= 4 is 29.3 Å². The van der Waals surface area contributed by atoms with Crippen LogP contribution in [0.2, 0.25) is 5.02 Å². The van der Waals surface area contributed by atoms with E-state index in [4.69, 9.17) is 21.8 Å². The van der Waals surface area contributed by atoms with Gasteiger partial charge in [0.25, 0.3) is 0 Å². The third-order valence-electron chi connectivity index (χ3n) is 2.46. The number of nitrogens with zero attached hydrogens (tertiary/aromatic N) is 1. The van der Waals surface area contributed by atoms with Crippen molar-refractivity contribution in [2.75, 3.05) is 25.5 Å². The van der Waals surface area contributed by atoms with E-state index in [0.717, 1.165) is 0 Å². The molecule has 6 nitrogen and oxygen atoms in total. The number of carboxylic acids is 1. The molecule has 0 heterocycles. The molecular weight excluding hydrogens is 272 g/mol. The molecule has 3 N–H and O–H groups in total. The van der Waals surface area contributed by atoms with Gasteiger partial charge in [-0.25, -0.2) is 9.59 Å². The first kappa shape index (κ1) is 15.3. The molecule has 1 rings (SSSR count). The van der Waals surface area contributed by atoms with E-state index in [2.05, 4.69) is 5.32 Å². The molecule has 0 atom stereocenters. The number of urea groups is 1. The summed E-state index contributed by atoms with van der Waals surface area (Å²) in [4.78, 5) is 23.9. The highest BCUT2D eigenvalue weighted by Gasteiger charge is 2.12. The van der Waals surface area contributed by atoms with Gasteiger partial charge >= 0.3 is 12.0 Å². The van der Waals surface area contributed by atoms with Gasteiger partial charge in [0.1, 0.15) is 0 Å². The number of amides is 2. The van der Waals surface area contributed by atoms with Gasteiger partial charge in [0.05, 0.1) is 16.3 Å². The van der Waals surface area contributed by atoms with Crippen molar-refractivity contribution in [1.29, 1.82) is 0 Å². The zero-order valence-corrected chi connectivity index (χ0v) is 11.1. The van der Waals surface area contributed by atoms with Crippen molar-refractivity contribution in [3.63, 3.8) is 0 Å². The van der Waals surface area contributed by atoms with Crippen LogP contribution in [0.1, 0.15) is 16.8 Å². The number of aliphatic hydroxyl groups is 1. The third kappa shape index (κ3) is 4.42. The summed E-state index contributed by atoms with van der Waals surface area (Å²) in [6.45, 7) is 0.416. The number of halogens is 1. The number of carbonyl (C=O) groups excluding carboxylic acids is 1. The highest BCUT2D eigenvalue weighted by atomic mass is 35.5. The van der Waals surface area contributed by atoms with Crippen LogP contribution in [0.5, 0.6) is 0 Å². The largest absolute Gasteiger partial charge is 0.478 e. The number of nitrogens with one attached hydrogen (secondary N) is 1. The molecule has 0 radical (unpaired) electrons. The first-order chi connectivity index (χ1) is 8.95. The van der Waals surface area contributed by atoms with Crippen LogP contribution in [0.4, 0.5) is 10.5 Å². The quantitative estimate of drug-likeness (QED) is 0.771. The van der Waals surface area contributed by atoms with E-state index in [0.29, 0.717) is 18.7 Å². The smallest absolute Gasteiger partial charge is 0.335 e. The Bertz CT molecular complexity index is 479. The normalized spacial score (nSPS) is 10.1. The van der Waals surface area contributed by atoms with Crippen molar-refractivity contribution in [2.45, 2.75) is 6.42 Å². The van der Waals surface area contributed by atoms with Crippen LogP contribution in [-0.4, -0.2) is 47.3 Å². The number of rotatable bonds is 5. The molecule has 1 aromatic carbocycles. The Morgan fingerprint density at radius 2 is 2.11 bits per heavy atom. The van der Waals surface area contributed by atoms with Gasteiger partial charge in [0.2, 0.25) is 0 Å². The lowest BCUT2D eigenvalue weighted by Gasteiger charge is -2.18. The van der Waals surface area contributed by atoms with E-state index < -0.39 is 5.97 Å². The Kier molecular flexibility index (Phi) is 5.59. The maximum Gasteiger partial charge on any atom is 0.335 e. The number of aliphatic hydroxyl groups excluding tert-OH is 1. The number of benzene rings is 1. The molecule has 0 unspecified atom stereocenters. The summed E-state index contributed by atoms with van der Waals surface area (Å²) < 4.78 is 0. The molecule has 0 bridgehead atoms. The molecule has 0 spiro atoms. The summed E-state index contributed by atoms with van der Waals surface area (Å²) in [5.41, 5.74) is 0.393. The maximum absolute atomic E-state index is 11.7. The van der Waals surface area contributed by atoms with E-state index in [1.54, 1.807) is 7.05 Å². The molecule has 0 aliphatic carbocycles. The van der Waals surface area contributed by atoms with Gasteiger partial charge in [-0.2, -0.15) is 0 Å². The van der Waals surface area contributed by atoms with Crippen LogP contribution in [0.15, 0.2) is 18.2 Å². The summed E-state index contributed by atoms with van der Waals surface area (Å²) in [5, 5.41) is 20.2. The minimum Gasteiger partial charge on any atom is -0.478 e. The van der Waals surface area contributed by atoms with Crippen LogP contribution < -0.4 is 5.32 Å². The molecule has 2 amide bonds. The summed E-state index contributed by atoms with van der Waals surface area (Å²) in [6.07, 6.45) is 0.482. The maximum atomic E-state index is 11.7. The fourth-order valence-electron chi connectivity index (χ4n) is 1.37. The molecule has 0 saturated heterocycles. The topological polar surface area (TPSA) is 89.9 Å². The number of aromatic carboxylic acids is 1. The Hall–Kier alpha value is -1.79. The van der Waals surface area contributed by atoms with Crippen LogP contribution in [0.3, 0.4) is 0 Å². The Morgan fingerprint density at radius 1 is 1.42 bits per heavy atom. The molecule has 0 aliphatic rings. The highest BCUT2D eigenvalue weighted by Crippen LogP contribution is 2.23. The average Bonchev–Trinajstić information content (AvgIpc) is 2.37. The average molecular weight is 287 g/mol. The van der Waals surface area contributed by atoms with Gasteiger partial charge in [-0.3, -0.25) is 0 Å². The fraction of sp³-hybridized carbons (Fsp3) is 0.333. The Morgan fingerprint density at radius 3 is 2.63 bits per heavy atom. The molecule has 0 aliphatic heterocycles. The van der Waals surface area contributed by atoms with Gasteiger partial charge in [-0.1, -0.05) is 11.6 Å². The monoisotopic (exact) mass is 286 g/mol. The zero-order valence-electron chi connectivity index (χ0n) is 10.4. The molecule has 0 fully saturated rings. The van der Waals surface area contributed by atoms with Crippen molar-refractivity contribution in [3.8, 4) is 0 Å². The van der Waals surface area contributed by atoms with Gasteiger partial charge in [0, 0.05) is 20.2 Å². The molecule has 7 heteroatoms. The summed E-state index contributed by atoms with van der Waals surface area (Å²) >= 11 is 5.89. The Balaban J connectivity index is 2.72. The van der Waals surface area contributed by atoms with Crippen molar-refractivity contribution in [2.24, 2.45) is 0 Å². The molecule has 0 saturated carbocycles. The number of anilines is 1. The standard InChI is InChI=1S/C12H15ClN2O4/c1-15(5-2-6-16)12(19)14-10-4-3-8(11(17)18)7-9(10)13/h3-4,7,16H,2,5-6H2,1H3,(H,14,19)(H,17,18). The number of carbonyl (C=O) groups is 2. The third-order valence-corrected chi connectivity index (χ3v) is 2.77. The Labute approximate surface area is 115 Å². The van der Waals surface area contributed by atoms with Gasteiger partial charge in [-0.15, -0.1) is 0 Å². The van der Waals surface area contributed by atoms with E-state index in [1.807, 2.05) is 0 Å². The molecular formula is C12H15ClN2O4. The second-order valence-electron chi connectivity index (χ2n) is 3.93. The van der Waals surface area contributed by atoms with Crippen LogP contribution in [0, 0.1) is 0 Å². The second-order valence-corrected chi connectivity index (χ2v) is 4.34. The van der Waals surface area contributed by atoms with E-state index in [9.17, 15) is 9.59 Å². The zero-order chi connectivity index (χ0) is 14.4. The van der Waals surface area contributed by atoms with Crippen molar-refractivity contribution in [3.05, 3.63) is 28.8 Å². The van der Waals surface area contributed by atoms with Gasteiger partial charge in [0.15, 0.2) is 0 Å². The molecule has 19 heavy (non-hydrogen) atoms. The van der Waals surface area contributed by atoms with Crippen LogP contribution in [0.25, 0.3) is 0 Å².